The molecule has 1 heterocycles. The average Bonchev–Trinajstić information content (AvgIpc) is 2.79. The number of nitrogens with zero attached hydrogens (tertiary/aromatic N) is 3. The Morgan fingerprint density at radius 3 is 2.39 bits per heavy atom. The number of likely N-dealkylation sites (N-methyl/N-ethyl adjacent to an activating group) is 1. The van der Waals surface area contributed by atoms with Crippen molar-refractivity contribution in [3.8, 4) is 0 Å². The standard InChI is InChI=1S/C24H27ClN4O2/c1-3-28(4-2)22(19-12-8-9-13-20(19)25)16-26-24(31)21-14-15-23(30)29(27-21)17-18-10-6-5-7-11-18/h5-15,22H,3-4,16-17H2,1-2H3,(H,26,31). The lowest BCUT2D eigenvalue weighted by Gasteiger charge is -2.30. The van der Waals surface area contributed by atoms with Crippen LogP contribution in [0.15, 0.2) is 71.5 Å². The van der Waals surface area contributed by atoms with Crippen LogP contribution in [0.1, 0.15) is 41.5 Å². The highest BCUT2D eigenvalue weighted by molar-refractivity contribution is 6.31. The number of halogens is 1. The highest BCUT2D eigenvalue weighted by Gasteiger charge is 2.21. The van der Waals surface area contributed by atoms with E-state index in [4.69, 9.17) is 11.6 Å². The fourth-order valence-electron chi connectivity index (χ4n) is 3.57. The van der Waals surface area contributed by atoms with E-state index in [9.17, 15) is 9.59 Å². The Kier molecular flexibility index (Phi) is 7.98. The number of nitrogens with one attached hydrogen (secondary N) is 1. The highest BCUT2D eigenvalue weighted by Crippen LogP contribution is 2.27. The molecule has 2 aromatic carbocycles. The zero-order valence-corrected chi connectivity index (χ0v) is 18.5. The molecule has 1 amide bonds. The fourth-order valence-corrected chi connectivity index (χ4v) is 3.83. The molecule has 1 aromatic heterocycles. The Labute approximate surface area is 187 Å². The average molecular weight is 439 g/mol. The van der Waals surface area contributed by atoms with Crippen molar-refractivity contribution in [1.29, 1.82) is 0 Å². The van der Waals surface area contributed by atoms with Crippen LogP contribution < -0.4 is 10.9 Å². The molecule has 0 spiro atoms. The van der Waals surface area contributed by atoms with Crippen molar-refractivity contribution in [2.24, 2.45) is 0 Å². The maximum Gasteiger partial charge on any atom is 0.271 e. The third-order valence-electron chi connectivity index (χ3n) is 5.25. The molecule has 3 aromatic rings. The second kappa shape index (κ2) is 10.9. The highest BCUT2D eigenvalue weighted by atomic mass is 35.5. The summed E-state index contributed by atoms with van der Waals surface area (Å²) in [6, 6.07) is 20.0. The Morgan fingerprint density at radius 1 is 1.03 bits per heavy atom. The van der Waals surface area contributed by atoms with E-state index in [-0.39, 0.29) is 23.2 Å². The minimum absolute atomic E-state index is 0.0668. The molecule has 1 atom stereocenters. The maximum absolute atomic E-state index is 12.8. The fraction of sp³-hybridized carbons (Fsp3) is 0.292. The number of carbonyl (C=O) groups excluding carboxylic acids is 1. The van der Waals surface area contributed by atoms with E-state index in [1.54, 1.807) is 0 Å². The van der Waals surface area contributed by atoms with Gasteiger partial charge < -0.3 is 5.32 Å². The number of carbonyl (C=O) groups is 1. The summed E-state index contributed by atoms with van der Waals surface area (Å²) in [6.45, 7) is 6.49. The van der Waals surface area contributed by atoms with Gasteiger partial charge in [-0.25, -0.2) is 4.68 Å². The predicted octanol–water partition coefficient (Wildman–Crippen LogP) is 3.76. The van der Waals surface area contributed by atoms with Crippen LogP contribution in [0.5, 0.6) is 0 Å². The maximum atomic E-state index is 12.8. The number of benzene rings is 2. The number of rotatable bonds is 9. The lowest BCUT2D eigenvalue weighted by molar-refractivity contribution is 0.0927. The topological polar surface area (TPSA) is 67.2 Å². The molecule has 0 saturated heterocycles. The van der Waals surface area contributed by atoms with E-state index < -0.39 is 0 Å². The third-order valence-corrected chi connectivity index (χ3v) is 5.59. The minimum atomic E-state index is -0.328. The van der Waals surface area contributed by atoms with Gasteiger partial charge in [-0.05, 0) is 36.3 Å². The zero-order valence-electron chi connectivity index (χ0n) is 17.8. The molecule has 0 saturated carbocycles. The molecule has 31 heavy (non-hydrogen) atoms. The van der Waals surface area contributed by atoms with Crippen molar-refractivity contribution < 1.29 is 4.79 Å². The van der Waals surface area contributed by atoms with Gasteiger partial charge in [0.1, 0.15) is 5.69 Å². The van der Waals surface area contributed by atoms with Gasteiger partial charge in [0.05, 0.1) is 12.6 Å². The van der Waals surface area contributed by atoms with Crippen molar-refractivity contribution in [3.05, 3.63) is 98.9 Å². The molecular formula is C24H27ClN4O2. The largest absolute Gasteiger partial charge is 0.349 e. The van der Waals surface area contributed by atoms with Gasteiger partial charge in [-0.15, -0.1) is 0 Å². The summed E-state index contributed by atoms with van der Waals surface area (Å²) in [4.78, 5) is 27.3. The van der Waals surface area contributed by atoms with Crippen LogP contribution >= 0.6 is 11.6 Å². The van der Waals surface area contributed by atoms with E-state index in [1.165, 1.54) is 16.8 Å². The van der Waals surface area contributed by atoms with Crippen LogP contribution in [0.2, 0.25) is 5.02 Å². The first kappa shape index (κ1) is 22.7. The molecule has 0 aliphatic rings. The summed E-state index contributed by atoms with van der Waals surface area (Å²) in [7, 11) is 0. The summed E-state index contributed by atoms with van der Waals surface area (Å²) in [5.41, 5.74) is 1.86. The van der Waals surface area contributed by atoms with Crippen molar-refractivity contribution >= 4 is 17.5 Å². The van der Waals surface area contributed by atoms with Crippen LogP contribution in [-0.2, 0) is 6.54 Å². The molecule has 1 N–H and O–H groups in total. The van der Waals surface area contributed by atoms with Crippen LogP contribution in [0, 0.1) is 0 Å². The number of amides is 1. The van der Waals surface area contributed by atoms with Crippen LogP contribution in [0.3, 0.4) is 0 Å². The molecule has 0 fully saturated rings. The van der Waals surface area contributed by atoms with E-state index in [0.29, 0.717) is 18.1 Å². The summed E-state index contributed by atoms with van der Waals surface area (Å²) < 4.78 is 1.31. The molecule has 3 rings (SSSR count). The van der Waals surface area contributed by atoms with Crippen molar-refractivity contribution in [2.45, 2.75) is 26.4 Å². The summed E-state index contributed by atoms with van der Waals surface area (Å²) in [5.74, 6) is -0.328. The van der Waals surface area contributed by atoms with Crippen molar-refractivity contribution in [3.63, 3.8) is 0 Å². The van der Waals surface area contributed by atoms with E-state index >= 15 is 0 Å². The lowest BCUT2D eigenvalue weighted by atomic mass is 10.0. The first-order valence-electron chi connectivity index (χ1n) is 10.4. The second-order valence-corrected chi connectivity index (χ2v) is 7.58. The summed E-state index contributed by atoms with van der Waals surface area (Å²) in [6.07, 6.45) is 0. The second-order valence-electron chi connectivity index (χ2n) is 7.17. The van der Waals surface area contributed by atoms with Gasteiger partial charge in [-0.2, -0.15) is 5.10 Å². The van der Waals surface area contributed by atoms with E-state index in [2.05, 4.69) is 29.2 Å². The Balaban J connectivity index is 1.77. The summed E-state index contributed by atoms with van der Waals surface area (Å²) >= 11 is 6.43. The van der Waals surface area contributed by atoms with E-state index in [0.717, 1.165) is 24.2 Å². The molecular weight excluding hydrogens is 412 g/mol. The Hall–Kier alpha value is -2.96. The van der Waals surface area contributed by atoms with Gasteiger partial charge in [0.25, 0.3) is 11.5 Å². The molecule has 162 valence electrons. The van der Waals surface area contributed by atoms with Crippen molar-refractivity contribution in [1.82, 2.24) is 20.0 Å². The molecule has 0 aliphatic heterocycles. The lowest BCUT2D eigenvalue weighted by Crippen LogP contribution is -2.39. The SMILES string of the molecule is CCN(CC)C(CNC(=O)c1ccc(=O)n(Cc2ccccc2)n1)c1ccccc1Cl. The molecule has 0 aliphatic carbocycles. The Morgan fingerprint density at radius 2 is 1.71 bits per heavy atom. The monoisotopic (exact) mass is 438 g/mol. The van der Waals surface area contributed by atoms with Gasteiger partial charge in [0.2, 0.25) is 0 Å². The van der Waals surface area contributed by atoms with Crippen molar-refractivity contribution in [2.75, 3.05) is 19.6 Å². The predicted molar refractivity (Wildman–Crippen MR) is 123 cm³/mol. The van der Waals surface area contributed by atoms with Gasteiger partial charge >= 0.3 is 0 Å². The molecule has 7 heteroatoms. The van der Waals surface area contributed by atoms with Gasteiger partial charge in [0.15, 0.2) is 0 Å². The first-order chi connectivity index (χ1) is 15.0. The quantitative estimate of drug-likeness (QED) is 0.552. The van der Waals surface area contributed by atoms with Gasteiger partial charge in [0, 0.05) is 17.6 Å². The van der Waals surface area contributed by atoms with Crippen LogP contribution in [0.4, 0.5) is 0 Å². The first-order valence-corrected chi connectivity index (χ1v) is 10.8. The molecule has 1 unspecified atom stereocenters. The molecule has 0 bridgehead atoms. The molecule has 6 nitrogen and oxygen atoms in total. The normalized spacial score (nSPS) is 12.0. The van der Waals surface area contributed by atoms with Crippen LogP contribution in [-0.4, -0.2) is 40.2 Å². The minimum Gasteiger partial charge on any atom is -0.349 e. The number of aromatic nitrogens is 2. The number of hydrogen-bond acceptors (Lipinski definition) is 4. The van der Waals surface area contributed by atoms with E-state index in [1.807, 2.05) is 54.6 Å². The Bertz CT molecular complexity index is 1060. The van der Waals surface area contributed by atoms with Gasteiger partial charge in [-0.1, -0.05) is 74.0 Å². The number of hydrogen-bond donors (Lipinski definition) is 1. The molecule has 0 radical (unpaired) electrons. The smallest absolute Gasteiger partial charge is 0.271 e. The van der Waals surface area contributed by atoms with Gasteiger partial charge in [-0.3, -0.25) is 14.5 Å². The zero-order chi connectivity index (χ0) is 22.2. The summed E-state index contributed by atoms with van der Waals surface area (Å²) in [5, 5.41) is 7.91. The third kappa shape index (κ3) is 5.81. The van der Waals surface area contributed by atoms with Crippen LogP contribution in [0.25, 0.3) is 0 Å².